The van der Waals surface area contributed by atoms with Crippen molar-refractivity contribution < 1.29 is 23.4 Å². The minimum atomic E-state index is -0.630. The number of halogens is 2. The third-order valence-corrected chi connectivity index (χ3v) is 4.45. The average Bonchev–Trinajstić information content (AvgIpc) is 2.99. The molecule has 1 aliphatic heterocycles. The lowest BCUT2D eigenvalue weighted by Crippen LogP contribution is -2.07. The number of ether oxygens (including phenoxy) is 3. The number of aliphatic imine (C=N–C) groups is 1. The van der Waals surface area contributed by atoms with Crippen LogP contribution in [0.15, 0.2) is 47.1 Å². The van der Waals surface area contributed by atoms with E-state index in [-0.39, 0.29) is 17.2 Å². The molecule has 0 fully saturated rings. The van der Waals surface area contributed by atoms with Crippen molar-refractivity contribution in [3.05, 3.63) is 62.6 Å². The van der Waals surface area contributed by atoms with Crippen LogP contribution < -0.4 is 9.47 Å². The fourth-order valence-electron chi connectivity index (χ4n) is 2.54. The maximum Gasteiger partial charge on any atom is 0.363 e. The van der Waals surface area contributed by atoms with Gasteiger partial charge >= 0.3 is 5.97 Å². The highest BCUT2D eigenvalue weighted by Crippen LogP contribution is 2.35. The summed E-state index contributed by atoms with van der Waals surface area (Å²) >= 11 is 2.15. The maximum absolute atomic E-state index is 13.9. The van der Waals surface area contributed by atoms with Gasteiger partial charge in [-0.05, 0) is 72.3 Å². The maximum atomic E-state index is 13.9. The second-order valence-electron chi connectivity index (χ2n) is 5.51. The van der Waals surface area contributed by atoms with E-state index in [0.717, 1.165) is 3.57 Å². The van der Waals surface area contributed by atoms with Gasteiger partial charge in [0.05, 0.1) is 22.3 Å². The topological polar surface area (TPSA) is 57.1 Å². The molecule has 0 amide bonds. The highest BCUT2D eigenvalue weighted by molar-refractivity contribution is 14.1. The summed E-state index contributed by atoms with van der Waals surface area (Å²) in [6.07, 6.45) is 1.58. The van der Waals surface area contributed by atoms with Crippen LogP contribution in [-0.2, 0) is 9.53 Å². The zero-order chi connectivity index (χ0) is 19.4. The quantitative estimate of drug-likeness (QED) is 0.345. The van der Waals surface area contributed by atoms with Crippen LogP contribution in [0.1, 0.15) is 25.0 Å². The monoisotopic (exact) mass is 481 g/mol. The van der Waals surface area contributed by atoms with Crippen molar-refractivity contribution >= 4 is 40.5 Å². The normalized spacial score (nSPS) is 14.9. The Morgan fingerprint density at radius 1 is 1.19 bits per heavy atom. The van der Waals surface area contributed by atoms with Crippen LogP contribution in [0.2, 0.25) is 0 Å². The summed E-state index contributed by atoms with van der Waals surface area (Å²) < 4.78 is 31.2. The van der Waals surface area contributed by atoms with E-state index in [1.54, 1.807) is 24.3 Å². The van der Waals surface area contributed by atoms with Crippen LogP contribution >= 0.6 is 22.6 Å². The molecule has 0 bridgehead atoms. The highest BCUT2D eigenvalue weighted by atomic mass is 127. The van der Waals surface area contributed by atoms with Gasteiger partial charge < -0.3 is 14.2 Å². The van der Waals surface area contributed by atoms with Crippen molar-refractivity contribution in [2.45, 2.75) is 13.8 Å². The SMILES string of the molecule is CCOc1cc(/C=C2\N=C(c3ccccc3F)OC2=O)cc(I)c1OCC. The molecule has 0 radical (unpaired) electrons. The molecular weight excluding hydrogens is 464 g/mol. The molecule has 0 spiro atoms. The Morgan fingerprint density at radius 2 is 1.93 bits per heavy atom. The summed E-state index contributed by atoms with van der Waals surface area (Å²) in [5.41, 5.74) is 0.943. The first-order valence-corrected chi connectivity index (χ1v) is 9.48. The molecule has 140 valence electrons. The molecule has 0 aliphatic carbocycles. The zero-order valence-corrected chi connectivity index (χ0v) is 16.9. The molecule has 0 atom stereocenters. The molecule has 3 rings (SSSR count). The van der Waals surface area contributed by atoms with Crippen molar-refractivity contribution in [3.63, 3.8) is 0 Å². The van der Waals surface area contributed by atoms with Crippen LogP contribution in [-0.4, -0.2) is 25.1 Å². The van der Waals surface area contributed by atoms with Crippen LogP contribution in [0, 0.1) is 9.39 Å². The number of nitrogens with zero attached hydrogens (tertiary/aromatic N) is 1. The summed E-state index contributed by atoms with van der Waals surface area (Å²) in [5, 5.41) is 0. The van der Waals surface area contributed by atoms with E-state index in [1.165, 1.54) is 12.1 Å². The standard InChI is InChI=1S/C20H17FINO4/c1-3-25-17-11-12(9-15(22)18(17)26-4-2)10-16-20(24)27-19(23-16)13-7-5-6-8-14(13)21/h5-11H,3-4H2,1-2H3/b16-10-. The summed E-state index contributed by atoms with van der Waals surface area (Å²) in [6.45, 7) is 4.77. The van der Waals surface area contributed by atoms with Gasteiger partial charge in [0.1, 0.15) is 5.82 Å². The number of carbonyl (C=O) groups is 1. The molecule has 1 heterocycles. The van der Waals surface area contributed by atoms with Crippen molar-refractivity contribution in [2.24, 2.45) is 4.99 Å². The van der Waals surface area contributed by atoms with E-state index in [4.69, 9.17) is 14.2 Å². The number of rotatable bonds is 6. The van der Waals surface area contributed by atoms with Crippen molar-refractivity contribution in [2.75, 3.05) is 13.2 Å². The summed E-state index contributed by atoms with van der Waals surface area (Å²) in [4.78, 5) is 16.3. The van der Waals surface area contributed by atoms with Gasteiger partial charge in [0.25, 0.3) is 0 Å². The Balaban J connectivity index is 1.98. The van der Waals surface area contributed by atoms with E-state index < -0.39 is 11.8 Å². The molecular formula is C20H17FINO4. The number of benzene rings is 2. The zero-order valence-electron chi connectivity index (χ0n) is 14.8. The van der Waals surface area contributed by atoms with E-state index in [1.807, 2.05) is 19.9 Å². The summed E-state index contributed by atoms with van der Waals surface area (Å²) in [7, 11) is 0. The predicted molar refractivity (Wildman–Crippen MR) is 109 cm³/mol. The van der Waals surface area contributed by atoms with Crippen molar-refractivity contribution in [3.8, 4) is 11.5 Å². The Morgan fingerprint density at radius 3 is 2.63 bits per heavy atom. The highest BCUT2D eigenvalue weighted by Gasteiger charge is 2.26. The Bertz CT molecular complexity index is 940. The van der Waals surface area contributed by atoms with Crippen molar-refractivity contribution in [1.82, 2.24) is 0 Å². The molecule has 27 heavy (non-hydrogen) atoms. The van der Waals surface area contributed by atoms with Gasteiger partial charge in [-0.2, -0.15) is 0 Å². The number of esters is 1. The minimum absolute atomic E-state index is 0.0463. The fraction of sp³-hybridized carbons (Fsp3) is 0.200. The third-order valence-electron chi connectivity index (χ3n) is 3.65. The number of hydrogen-bond donors (Lipinski definition) is 0. The van der Waals surface area contributed by atoms with Crippen molar-refractivity contribution in [1.29, 1.82) is 0 Å². The van der Waals surface area contributed by atoms with Gasteiger partial charge in [-0.3, -0.25) is 0 Å². The van der Waals surface area contributed by atoms with Crippen LogP contribution in [0.4, 0.5) is 4.39 Å². The molecule has 0 saturated heterocycles. The molecule has 2 aromatic carbocycles. The van der Waals surface area contributed by atoms with E-state index in [9.17, 15) is 9.18 Å². The Hall–Kier alpha value is -2.42. The molecule has 7 heteroatoms. The average molecular weight is 481 g/mol. The molecule has 0 saturated carbocycles. The van der Waals surface area contributed by atoms with E-state index >= 15 is 0 Å². The smallest absolute Gasteiger partial charge is 0.363 e. The lowest BCUT2D eigenvalue weighted by Gasteiger charge is -2.13. The molecule has 0 aromatic heterocycles. The first-order chi connectivity index (χ1) is 13.0. The number of hydrogen-bond acceptors (Lipinski definition) is 5. The molecule has 2 aromatic rings. The molecule has 1 aliphatic rings. The van der Waals surface area contributed by atoms with Crippen LogP contribution in [0.25, 0.3) is 6.08 Å². The number of carbonyl (C=O) groups excluding carboxylic acids is 1. The first kappa shape index (κ1) is 19.3. The van der Waals surface area contributed by atoms with E-state index in [2.05, 4.69) is 27.6 Å². The van der Waals surface area contributed by atoms with Crippen LogP contribution in [0.5, 0.6) is 11.5 Å². The van der Waals surface area contributed by atoms with Crippen LogP contribution in [0.3, 0.4) is 0 Å². The summed E-state index contributed by atoms with van der Waals surface area (Å²) in [5.74, 6) is 0.0686. The summed E-state index contributed by atoms with van der Waals surface area (Å²) in [6, 6.07) is 9.64. The lowest BCUT2D eigenvalue weighted by molar-refractivity contribution is -0.129. The van der Waals surface area contributed by atoms with Gasteiger partial charge in [-0.1, -0.05) is 12.1 Å². The van der Waals surface area contributed by atoms with Gasteiger partial charge in [-0.15, -0.1) is 0 Å². The predicted octanol–water partition coefficient (Wildman–Crippen LogP) is 4.57. The lowest BCUT2D eigenvalue weighted by atomic mass is 10.1. The second kappa shape index (κ2) is 8.51. The second-order valence-corrected chi connectivity index (χ2v) is 6.67. The third kappa shape index (κ3) is 4.29. The Kier molecular flexibility index (Phi) is 6.10. The van der Waals surface area contributed by atoms with Gasteiger partial charge in [-0.25, -0.2) is 14.2 Å². The van der Waals surface area contributed by atoms with Gasteiger partial charge in [0, 0.05) is 0 Å². The number of cyclic esters (lactones) is 1. The van der Waals surface area contributed by atoms with Gasteiger partial charge in [0.2, 0.25) is 5.90 Å². The van der Waals surface area contributed by atoms with E-state index in [0.29, 0.717) is 30.3 Å². The fourth-order valence-corrected chi connectivity index (χ4v) is 3.32. The van der Waals surface area contributed by atoms with Gasteiger partial charge in [0.15, 0.2) is 17.2 Å². The largest absolute Gasteiger partial charge is 0.490 e. The molecule has 5 nitrogen and oxygen atoms in total. The minimum Gasteiger partial charge on any atom is -0.490 e. The first-order valence-electron chi connectivity index (χ1n) is 8.40. The molecule has 0 N–H and O–H groups in total. The Labute approximate surface area is 170 Å². The molecule has 0 unspecified atom stereocenters.